The molecule has 0 saturated heterocycles. The van der Waals surface area contributed by atoms with E-state index < -0.39 is 4.92 Å². The maximum absolute atomic E-state index is 11.9. The molecule has 108 valence electrons. The van der Waals surface area contributed by atoms with Crippen LogP contribution in [-0.2, 0) is 6.42 Å². The number of nitrogen functional groups attached to an aromatic ring is 1. The molecule has 2 rings (SSSR count). The fourth-order valence-corrected chi connectivity index (χ4v) is 1.81. The van der Waals surface area contributed by atoms with Crippen molar-refractivity contribution >= 4 is 17.3 Å². The number of hydrogen-bond acceptors (Lipinski definition) is 5. The number of nitrogens with two attached hydrogens (primary N) is 1. The molecule has 0 radical (unpaired) electrons. The van der Waals surface area contributed by atoms with Crippen molar-refractivity contribution in [3.8, 4) is 0 Å². The van der Waals surface area contributed by atoms with E-state index in [0.29, 0.717) is 13.0 Å². The van der Waals surface area contributed by atoms with E-state index in [1.54, 1.807) is 12.4 Å². The molecule has 2 aromatic rings. The highest BCUT2D eigenvalue weighted by molar-refractivity contribution is 5.95. The second-order valence-corrected chi connectivity index (χ2v) is 4.39. The van der Waals surface area contributed by atoms with Crippen LogP contribution >= 0.6 is 0 Å². The number of pyridine rings is 1. The minimum absolute atomic E-state index is 0.0355. The normalized spacial score (nSPS) is 10.1. The van der Waals surface area contributed by atoms with Crippen molar-refractivity contribution in [3.63, 3.8) is 0 Å². The summed E-state index contributed by atoms with van der Waals surface area (Å²) in [5, 5.41) is 13.5. The largest absolute Gasteiger partial charge is 0.393 e. The molecule has 0 aliphatic rings. The zero-order valence-corrected chi connectivity index (χ0v) is 11.2. The zero-order chi connectivity index (χ0) is 15.2. The molecular weight excluding hydrogens is 272 g/mol. The molecule has 1 aromatic heterocycles. The average molecular weight is 286 g/mol. The molecule has 0 unspecified atom stereocenters. The van der Waals surface area contributed by atoms with Gasteiger partial charge < -0.3 is 11.1 Å². The number of carbonyl (C=O) groups excluding carboxylic acids is 1. The van der Waals surface area contributed by atoms with Gasteiger partial charge in [0.15, 0.2) is 0 Å². The summed E-state index contributed by atoms with van der Waals surface area (Å²) in [7, 11) is 0. The van der Waals surface area contributed by atoms with Gasteiger partial charge in [-0.3, -0.25) is 19.9 Å². The number of amides is 1. The van der Waals surface area contributed by atoms with Crippen molar-refractivity contribution < 1.29 is 9.72 Å². The summed E-state index contributed by atoms with van der Waals surface area (Å²) < 4.78 is 0. The molecule has 0 fully saturated rings. The molecular formula is C14H14N4O3. The lowest BCUT2D eigenvalue weighted by Crippen LogP contribution is -2.25. The van der Waals surface area contributed by atoms with Gasteiger partial charge in [0.05, 0.1) is 4.92 Å². The van der Waals surface area contributed by atoms with Gasteiger partial charge in [0.2, 0.25) is 0 Å². The van der Waals surface area contributed by atoms with Crippen LogP contribution < -0.4 is 11.1 Å². The number of aromatic nitrogens is 1. The topological polar surface area (TPSA) is 111 Å². The number of nitro benzene ring substituents is 1. The SMILES string of the molecule is Nc1ccc(C(=O)NCCc2ccncc2)cc1[N+](=O)[O-]. The maximum atomic E-state index is 11.9. The molecule has 0 aliphatic carbocycles. The van der Waals surface area contributed by atoms with E-state index >= 15 is 0 Å². The first-order valence-electron chi connectivity index (χ1n) is 6.29. The van der Waals surface area contributed by atoms with Crippen LogP contribution in [0, 0.1) is 10.1 Å². The summed E-state index contributed by atoms with van der Waals surface area (Å²) in [4.78, 5) is 26.0. The van der Waals surface area contributed by atoms with Crippen molar-refractivity contribution in [2.24, 2.45) is 0 Å². The van der Waals surface area contributed by atoms with Gasteiger partial charge in [-0.05, 0) is 36.2 Å². The third-order valence-electron chi connectivity index (χ3n) is 2.94. The van der Waals surface area contributed by atoms with Gasteiger partial charge in [-0.1, -0.05) is 0 Å². The van der Waals surface area contributed by atoms with E-state index in [1.165, 1.54) is 18.2 Å². The Labute approximate surface area is 121 Å². The summed E-state index contributed by atoms with van der Waals surface area (Å²) in [6.45, 7) is 0.432. The lowest BCUT2D eigenvalue weighted by Gasteiger charge is -2.06. The van der Waals surface area contributed by atoms with Crippen LogP contribution in [0.15, 0.2) is 42.7 Å². The Hall–Kier alpha value is -2.96. The number of benzene rings is 1. The van der Waals surface area contributed by atoms with Crippen LogP contribution in [0.3, 0.4) is 0 Å². The Kier molecular flexibility index (Phi) is 4.45. The highest BCUT2D eigenvalue weighted by atomic mass is 16.6. The van der Waals surface area contributed by atoms with Gasteiger partial charge in [0.25, 0.3) is 11.6 Å². The highest BCUT2D eigenvalue weighted by Crippen LogP contribution is 2.22. The van der Waals surface area contributed by atoms with E-state index in [1.807, 2.05) is 12.1 Å². The number of nitrogens with zero attached hydrogens (tertiary/aromatic N) is 2. The van der Waals surface area contributed by atoms with Crippen molar-refractivity contribution in [1.29, 1.82) is 0 Å². The Morgan fingerprint density at radius 2 is 2.00 bits per heavy atom. The molecule has 0 bridgehead atoms. The van der Waals surface area contributed by atoms with Gasteiger partial charge in [0.1, 0.15) is 5.69 Å². The van der Waals surface area contributed by atoms with Gasteiger partial charge in [-0.25, -0.2) is 0 Å². The molecule has 0 saturated carbocycles. The van der Waals surface area contributed by atoms with Crippen molar-refractivity contribution in [2.45, 2.75) is 6.42 Å². The third-order valence-corrected chi connectivity index (χ3v) is 2.94. The van der Waals surface area contributed by atoms with Crippen molar-refractivity contribution in [3.05, 3.63) is 64.0 Å². The third kappa shape index (κ3) is 3.75. The van der Waals surface area contributed by atoms with Crippen LogP contribution in [0.5, 0.6) is 0 Å². The highest BCUT2D eigenvalue weighted by Gasteiger charge is 2.15. The molecule has 7 nitrogen and oxygen atoms in total. The summed E-state index contributed by atoms with van der Waals surface area (Å²) in [6, 6.07) is 7.72. The van der Waals surface area contributed by atoms with Gasteiger partial charge in [-0.15, -0.1) is 0 Å². The summed E-state index contributed by atoms with van der Waals surface area (Å²) in [5.74, 6) is -0.368. The predicted molar refractivity (Wildman–Crippen MR) is 77.8 cm³/mol. The lowest BCUT2D eigenvalue weighted by atomic mass is 10.1. The first-order chi connectivity index (χ1) is 10.1. The van der Waals surface area contributed by atoms with Crippen LogP contribution in [-0.4, -0.2) is 22.4 Å². The second kappa shape index (κ2) is 6.47. The standard InChI is InChI=1S/C14H14N4O3/c15-12-2-1-11(9-13(12)18(20)21)14(19)17-8-5-10-3-6-16-7-4-10/h1-4,6-7,9H,5,8,15H2,(H,17,19). The van der Waals surface area contributed by atoms with Crippen LogP contribution in [0.25, 0.3) is 0 Å². The van der Waals surface area contributed by atoms with Crippen molar-refractivity contribution in [2.75, 3.05) is 12.3 Å². The van der Waals surface area contributed by atoms with Gasteiger partial charge in [-0.2, -0.15) is 0 Å². The molecule has 1 aromatic carbocycles. The average Bonchev–Trinajstić information content (AvgIpc) is 2.48. The predicted octanol–water partition coefficient (Wildman–Crippen LogP) is 1.54. The van der Waals surface area contributed by atoms with E-state index in [-0.39, 0.29) is 22.8 Å². The Bertz CT molecular complexity index is 659. The lowest BCUT2D eigenvalue weighted by molar-refractivity contribution is -0.383. The maximum Gasteiger partial charge on any atom is 0.292 e. The smallest absolute Gasteiger partial charge is 0.292 e. The number of anilines is 1. The Balaban J connectivity index is 1.97. The molecule has 0 atom stereocenters. The van der Waals surface area contributed by atoms with Crippen LogP contribution in [0.2, 0.25) is 0 Å². The van der Waals surface area contributed by atoms with E-state index in [4.69, 9.17) is 5.73 Å². The zero-order valence-electron chi connectivity index (χ0n) is 11.2. The minimum Gasteiger partial charge on any atom is -0.393 e. The molecule has 21 heavy (non-hydrogen) atoms. The summed E-state index contributed by atoms with van der Waals surface area (Å²) in [5.41, 5.74) is 6.52. The van der Waals surface area contributed by atoms with E-state index in [9.17, 15) is 14.9 Å². The Morgan fingerprint density at radius 3 is 2.67 bits per heavy atom. The van der Waals surface area contributed by atoms with Crippen molar-refractivity contribution in [1.82, 2.24) is 10.3 Å². The number of carbonyl (C=O) groups is 1. The van der Waals surface area contributed by atoms with Crippen LogP contribution in [0.4, 0.5) is 11.4 Å². The molecule has 0 aliphatic heterocycles. The first-order valence-corrected chi connectivity index (χ1v) is 6.29. The molecule has 3 N–H and O–H groups in total. The number of nitrogens with one attached hydrogen (secondary N) is 1. The molecule has 7 heteroatoms. The molecule has 1 heterocycles. The van der Waals surface area contributed by atoms with Crippen LogP contribution in [0.1, 0.15) is 15.9 Å². The second-order valence-electron chi connectivity index (χ2n) is 4.39. The fourth-order valence-electron chi connectivity index (χ4n) is 1.81. The monoisotopic (exact) mass is 286 g/mol. The summed E-state index contributed by atoms with van der Waals surface area (Å²) >= 11 is 0. The van der Waals surface area contributed by atoms with E-state index in [0.717, 1.165) is 5.56 Å². The van der Waals surface area contributed by atoms with Gasteiger partial charge in [0, 0.05) is 30.6 Å². The molecule has 1 amide bonds. The molecule has 0 spiro atoms. The first kappa shape index (κ1) is 14.4. The Morgan fingerprint density at radius 1 is 1.29 bits per heavy atom. The fraction of sp³-hybridized carbons (Fsp3) is 0.143. The minimum atomic E-state index is -0.608. The van der Waals surface area contributed by atoms with E-state index in [2.05, 4.69) is 10.3 Å². The van der Waals surface area contributed by atoms with Gasteiger partial charge >= 0.3 is 0 Å². The number of nitro groups is 1. The quantitative estimate of drug-likeness (QED) is 0.492. The number of hydrogen-bond donors (Lipinski definition) is 2. The number of rotatable bonds is 5. The summed E-state index contributed by atoms with van der Waals surface area (Å²) in [6.07, 6.45) is 4.02.